The molecule has 0 amide bonds. The second-order valence-corrected chi connectivity index (χ2v) is 14.5. The summed E-state index contributed by atoms with van der Waals surface area (Å²) in [7, 11) is 0. The number of rotatable bonds is 8. The zero-order valence-corrected chi connectivity index (χ0v) is 31.6. The van der Waals surface area contributed by atoms with Crippen LogP contribution < -0.4 is 4.90 Å². The predicted octanol–water partition coefficient (Wildman–Crippen LogP) is 15.7. The van der Waals surface area contributed by atoms with Crippen LogP contribution in [0.1, 0.15) is 5.56 Å². The van der Waals surface area contributed by atoms with Crippen LogP contribution in [0.2, 0.25) is 0 Å². The lowest BCUT2D eigenvalue weighted by Crippen LogP contribution is -2.11. The number of aryl methyl sites for hydroxylation is 1. The molecule has 0 atom stereocenters. The highest BCUT2D eigenvalue weighted by molar-refractivity contribution is 5.97. The van der Waals surface area contributed by atoms with Crippen LogP contribution in [0.4, 0.5) is 17.1 Å². The van der Waals surface area contributed by atoms with Crippen molar-refractivity contribution in [2.24, 2.45) is 0 Å². The Labute approximate surface area is 333 Å². The molecule has 1 heterocycles. The Kier molecular flexibility index (Phi) is 8.78. The summed E-state index contributed by atoms with van der Waals surface area (Å²) in [5.74, 6) is 0.919. The predicted molar refractivity (Wildman–Crippen MR) is 240 cm³/mol. The van der Waals surface area contributed by atoms with Gasteiger partial charge in [0, 0.05) is 33.5 Å². The van der Waals surface area contributed by atoms with Crippen LogP contribution in [0.5, 0.6) is 0 Å². The van der Waals surface area contributed by atoms with E-state index in [0.29, 0.717) is 0 Å². The van der Waals surface area contributed by atoms with Crippen molar-refractivity contribution >= 4 is 38.8 Å². The van der Waals surface area contributed by atoms with E-state index in [0.717, 1.165) is 56.0 Å². The molecule has 9 aromatic carbocycles. The maximum absolute atomic E-state index is 6.34. The first-order valence-electron chi connectivity index (χ1n) is 19.5. The Morgan fingerprint density at radius 2 is 0.842 bits per heavy atom. The third-order valence-electron chi connectivity index (χ3n) is 11.1. The summed E-state index contributed by atoms with van der Waals surface area (Å²) in [5, 5.41) is 3.68. The maximum Gasteiger partial charge on any atom is 0.138 e. The molecular formula is C55H39NO. The molecule has 2 nitrogen and oxygen atoms in total. The molecule has 0 saturated carbocycles. The quantitative estimate of drug-likeness (QED) is 0.155. The number of anilines is 3. The van der Waals surface area contributed by atoms with Gasteiger partial charge in [-0.1, -0.05) is 176 Å². The van der Waals surface area contributed by atoms with E-state index in [1.807, 2.05) is 12.1 Å². The molecule has 57 heavy (non-hydrogen) atoms. The van der Waals surface area contributed by atoms with Crippen LogP contribution in [0.15, 0.2) is 223 Å². The van der Waals surface area contributed by atoms with Gasteiger partial charge in [-0.3, -0.25) is 0 Å². The van der Waals surface area contributed by atoms with Crippen LogP contribution in [0.25, 0.3) is 77.6 Å². The van der Waals surface area contributed by atoms with Crippen molar-refractivity contribution < 1.29 is 4.42 Å². The molecule has 0 saturated heterocycles. The molecule has 0 fully saturated rings. The van der Waals surface area contributed by atoms with Gasteiger partial charge in [0.25, 0.3) is 0 Å². The van der Waals surface area contributed by atoms with Gasteiger partial charge in [0.05, 0.1) is 5.69 Å². The average Bonchev–Trinajstić information content (AvgIpc) is 3.63. The van der Waals surface area contributed by atoms with E-state index in [-0.39, 0.29) is 0 Å². The Balaban J connectivity index is 1.00. The van der Waals surface area contributed by atoms with Crippen LogP contribution in [0.3, 0.4) is 0 Å². The van der Waals surface area contributed by atoms with Gasteiger partial charge in [-0.05, 0) is 99.1 Å². The van der Waals surface area contributed by atoms with E-state index in [1.54, 1.807) is 0 Å². The van der Waals surface area contributed by atoms with Crippen molar-refractivity contribution in [1.29, 1.82) is 0 Å². The smallest absolute Gasteiger partial charge is 0.138 e. The molecular weight excluding hydrogens is 691 g/mol. The number of benzene rings is 9. The van der Waals surface area contributed by atoms with Crippen LogP contribution in [-0.4, -0.2) is 0 Å². The maximum atomic E-state index is 6.34. The van der Waals surface area contributed by atoms with E-state index in [9.17, 15) is 0 Å². The third kappa shape index (κ3) is 6.48. The van der Waals surface area contributed by atoms with E-state index in [2.05, 4.69) is 218 Å². The summed E-state index contributed by atoms with van der Waals surface area (Å²) in [4.78, 5) is 2.37. The second-order valence-electron chi connectivity index (χ2n) is 14.5. The lowest BCUT2D eigenvalue weighted by atomic mass is 9.96. The summed E-state index contributed by atoms with van der Waals surface area (Å²) < 4.78 is 6.34. The lowest BCUT2D eigenvalue weighted by Gasteiger charge is -2.28. The van der Waals surface area contributed by atoms with E-state index >= 15 is 0 Å². The topological polar surface area (TPSA) is 16.4 Å². The van der Waals surface area contributed by atoms with E-state index < -0.39 is 0 Å². The first-order valence-corrected chi connectivity index (χ1v) is 19.5. The summed E-state index contributed by atoms with van der Waals surface area (Å²) in [5.41, 5.74) is 15.9. The summed E-state index contributed by atoms with van der Waals surface area (Å²) in [6.45, 7) is 2.14. The largest absolute Gasteiger partial charge is 0.456 e. The van der Waals surface area contributed by atoms with Crippen LogP contribution in [-0.2, 0) is 0 Å². The third-order valence-corrected chi connectivity index (χ3v) is 11.1. The van der Waals surface area contributed by atoms with Crippen LogP contribution in [0, 0.1) is 6.92 Å². The van der Waals surface area contributed by atoms with Gasteiger partial charge in [-0.15, -0.1) is 0 Å². The Bertz CT molecular complexity index is 2990. The minimum absolute atomic E-state index is 0.915. The van der Waals surface area contributed by atoms with Crippen molar-refractivity contribution in [1.82, 2.24) is 0 Å². The van der Waals surface area contributed by atoms with Crippen molar-refractivity contribution in [2.45, 2.75) is 6.92 Å². The van der Waals surface area contributed by atoms with Crippen molar-refractivity contribution in [3.05, 3.63) is 224 Å². The minimum atomic E-state index is 0.915. The summed E-state index contributed by atoms with van der Waals surface area (Å²) >= 11 is 0. The average molecular weight is 730 g/mol. The van der Waals surface area contributed by atoms with Crippen LogP contribution >= 0.6 is 0 Å². The number of hydrogen-bond acceptors (Lipinski definition) is 2. The van der Waals surface area contributed by atoms with Gasteiger partial charge in [0.2, 0.25) is 0 Å². The molecule has 0 aliphatic heterocycles. The standard InChI is InChI=1S/C55H39NO/c1-38-49-19-8-10-24-54(49)57-55(38)46-18-11-17-45(37-46)41-31-35-48(36-32-41)56(53-23-9-7-21-52(53)43-13-3-2-4-14-43)47-33-29-40(30-34-47)39-25-27-44(28-26-39)51-22-12-16-42-15-5-6-20-50(42)51/h2-37H,1H3. The van der Waals surface area contributed by atoms with Gasteiger partial charge in [0.15, 0.2) is 0 Å². The van der Waals surface area contributed by atoms with Gasteiger partial charge in [-0.2, -0.15) is 0 Å². The van der Waals surface area contributed by atoms with Crippen molar-refractivity contribution in [2.75, 3.05) is 4.90 Å². The highest BCUT2D eigenvalue weighted by Crippen LogP contribution is 2.42. The fourth-order valence-electron chi connectivity index (χ4n) is 8.17. The molecule has 270 valence electrons. The Morgan fingerprint density at radius 1 is 0.351 bits per heavy atom. The number of hydrogen-bond donors (Lipinski definition) is 0. The van der Waals surface area contributed by atoms with Crippen molar-refractivity contribution in [3.63, 3.8) is 0 Å². The lowest BCUT2D eigenvalue weighted by molar-refractivity contribution is 0.629. The first kappa shape index (κ1) is 34.1. The van der Waals surface area contributed by atoms with E-state index in [1.165, 1.54) is 44.2 Å². The number of furan rings is 1. The van der Waals surface area contributed by atoms with Gasteiger partial charge in [-0.25, -0.2) is 0 Å². The van der Waals surface area contributed by atoms with Gasteiger partial charge >= 0.3 is 0 Å². The fourth-order valence-corrected chi connectivity index (χ4v) is 8.17. The zero-order valence-electron chi connectivity index (χ0n) is 31.6. The molecule has 10 rings (SSSR count). The number of nitrogens with zero attached hydrogens (tertiary/aromatic N) is 1. The molecule has 2 heteroatoms. The van der Waals surface area contributed by atoms with Crippen molar-refractivity contribution in [3.8, 4) is 55.8 Å². The monoisotopic (exact) mass is 729 g/mol. The molecule has 0 N–H and O–H groups in total. The Hall–Kier alpha value is -7.42. The minimum Gasteiger partial charge on any atom is -0.456 e. The molecule has 10 aromatic rings. The molecule has 0 unspecified atom stereocenters. The second kappa shape index (κ2) is 14.7. The highest BCUT2D eigenvalue weighted by atomic mass is 16.3. The molecule has 0 spiro atoms. The molecule has 1 aromatic heterocycles. The SMILES string of the molecule is Cc1c(-c2cccc(-c3ccc(N(c4ccc(-c5ccc(-c6cccc7ccccc67)cc5)cc4)c4ccccc4-c4ccccc4)cc3)c2)oc2ccccc12. The Morgan fingerprint density at radius 3 is 1.58 bits per heavy atom. The molecule has 0 aliphatic rings. The van der Waals surface area contributed by atoms with E-state index in [4.69, 9.17) is 4.42 Å². The molecule has 0 radical (unpaired) electrons. The first-order chi connectivity index (χ1) is 28.2. The summed E-state index contributed by atoms with van der Waals surface area (Å²) in [6.07, 6.45) is 0. The van der Waals surface area contributed by atoms with Gasteiger partial charge in [0.1, 0.15) is 11.3 Å². The highest BCUT2D eigenvalue weighted by Gasteiger charge is 2.18. The fraction of sp³-hybridized carbons (Fsp3) is 0.0182. The number of fused-ring (bicyclic) bond motifs is 2. The normalized spacial score (nSPS) is 11.2. The molecule has 0 bridgehead atoms. The zero-order chi connectivity index (χ0) is 38.1. The summed E-state index contributed by atoms with van der Waals surface area (Å²) in [6, 6.07) is 78.1. The molecule has 0 aliphatic carbocycles. The number of para-hydroxylation sites is 2. The van der Waals surface area contributed by atoms with Gasteiger partial charge < -0.3 is 9.32 Å².